The Balaban J connectivity index is 1.75. The number of thioether (sulfide) groups is 1. The van der Waals surface area contributed by atoms with Crippen LogP contribution in [0.2, 0.25) is 0 Å². The summed E-state index contributed by atoms with van der Waals surface area (Å²) in [5.41, 5.74) is 1.86. The van der Waals surface area contributed by atoms with Crippen LogP contribution >= 0.6 is 11.8 Å². The Morgan fingerprint density at radius 1 is 1.18 bits per heavy atom. The Kier molecular flexibility index (Phi) is 4.24. The van der Waals surface area contributed by atoms with Gasteiger partial charge in [-0.3, -0.25) is 4.79 Å². The second-order valence-corrected chi connectivity index (χ2v) is 6.22. The van der Waals surface area contributed by atoms with Crippen molar-refractivity contribution in [1.82, 2.24) is 0 Å². The molecule has 0 aliphatic carbocycles. The minimum Gasteiger partial charge on any atom is -0.497 e. The highest BCUT2D eigenvalue weighted by atomic mass is 32.2. The second kappa shape index (κ2) is 6.32. The fraction of sp³-hybridized carbons (Fsp3) is 0.235. The zero-order valence-corrected chi connectivity index (χ0v) is 13.3. The first-order valence-electron chi connectivity index (χ1n) is 6.98. The molecule has 4 nitrogen and oxygen atoms in total. The first kappa shape index (κ1) is 14.8. The van der Waals surface area contributed by atoms with E-state index in [0.29, 0.717) is 17.2 Å². The van der Waals surface area contributed by atoms with Crippen molar-refractivity contribution in [3.05, 3.63) is 48.0 Å². The number of hydrogen-bond donors (Lipinski definition) is 1. The number of rotatable bonds is 4. The maximum absolute atomic E-state index is 12.5. The lowest BCUT2D eigenvalue weighted by atomic mass is 10.1. The van der Waals surface area contributed by atoms with Gasteiger partial charge in [0.1, 0.15) is 11.5 Å². The number of carbonyl (C=O) groups excluding carboxylic acids is 1. The molecule has 0 saturated carbocycles. The van der Waals surface area contributed by atoms with Crippen molar-refractivity contribution in [3.8, 4) is 11.5 Å². The molecular formula is C17H17NO3S. The maximum Gasteiger partial charge on any atom is 0.238 e. The van der Waals surface area contributed by atoms with E-state index in [0.717, 1.165) is 6.42 Å². The molecule has 1 amide bonds. The summed E-state index contributed by atoms with van der Waals surface area (Å²) < 4.78 is 10.5. The van der Waals surface area contributed by atoms with Crippen LogP contribution in [-0.2, 0) is 11.2 Å². The molecule has 3 rings (SSSR count). The van der Waals surface area contributed by atoms with Crippen molar-refractivity contribution in [2.45, 2.75) is 16.6 Å². The SMILES string of the molecule is COc1ccc(OC)c(NC(=O)C2Cc3ccccc3S2)c1. The second-order valence-electron chi connectivity index (χ2n) is 4.97. The van der Waals surface area contributed by atoms with Crippen LogP contribution in [0.25, 0.3) is 0 Å². The molecule has 1 N–H and O–H groups in total. The number of methoxy groups -OCH3 is 2. The first-order valence-corrected chi connectivity index (χ1v) is 7.86. The number of hydrogen-bond acceptors (Lipinski definition) is 4. The summed E-state index contributed by atoms with van der Waals surface area (Å²) in [4.78, 5) is 13.7. The van der Waals surface area contributed by atoms with Crippen molar-refractivity contribution in [1.29, 1.82) is 0 Å². The lowest BCUT2D eigenvalue weighted by Gasteiger charge is -2.14. The van der Waals surface area contributed by atoms with Gasteiger partial charge in [-0.25, -0.2) is 0 Å². The molecule has 1 heterocycles. The number of ether oxygens (including phenoxy) is 2. The quantitative estimate of drug-likeness (QED) is 0.940. The van der Waals surface area contributed by atoms with Gasteiger partial charge in [-0.05, 0) is 30.2 Å². The van der Waals surface area contributed by atoms with Crippen LogP contribution in [-0.4, -0.2) is 25.4 Å². The van der Waals surface area contributed by atoms with Crippen LogP contribution in [0.4, 0.5) is 5.69 Å². The first-order chi connectivity index (χ1) is 10.7. The normalized spacial score (nSPS) is 16.0. The molecule has 1 aliphatic heterocycles. The third kappa shape index (κ3) is 2.90. The smallest absolute Gasteiger partial charge is 0.238 e. The van der Waals surface area contributed by atoms with Crippen LogP contribution < -0.4 is 14.8 Å². The number of fused-ring (bicyclic) bond motifs is 1. The van der Waals surface area contributed by atoms with E-state index in [1.807, 2.05) is 12.1 Å². The van der Waals surface area contributed by atoms with Gasteiger partial charge in [0.05, 0.1) is 25.2 Å². The van der Waals surface area contributed by atoms with Crippen LogP contribution in [0.15, 0.2) is 47.4 Å². The summed E-state index contributed by atoms with van der Waals surface area (Å²) in [5.74, 6) is 1.28. The van der Waals surface area contributed by atoms with Crippen molar-refractivity contribution >= 4 is 23.4 Å². The van der Waals surface area contributed by atoms with Crippen LogP contribution in [0.5, 0.6) is 11.5 Å². The summed E-state index contributed by atoms with van der Waals surface area (Å²) in [6.07, 6.45) is 0.749. The molecule has 1 unspecified atom stereocenters. The van der Waals surface area contributed by atoms with Crippen molar-refractivity contribution in [2.24, 2.45) is 0 Å². The minimum absolute atomic E-state index is 0.0206. The Labute approximate surface area is 133 Å². The largest absolute Gasteiger partial charge is 0.497 e. The highest BCUT2D eigenvalue weighted by Gasteiger charge is 2.28. The molecule has 1 atom stereocenters. The van der Waals surface area contributed by atoms with E-state index in [-0.39, 0.29) is 11.2 Å². The van der Waals surface area contributed by atoms with Gasteiger partial charge in [0.25, 0.3) is 0 Å². The molecule has 22 heavy (non-hydrogen) atoms. The standard InChI is InChI=1S/C17H17NO3S/c1-20-12-7-8-14(21-2)13(10-12)18-17(19)16-9-11-5-3-4-6-15(11)22-16/h3-8,10,16H,9H2,1-2H3,(H,18,19). The van der Waals surface area contributed by atoms with Crippen LogP contribution in [0.3, 0.4) is 0 Å². The Morgan fingerprint density at radius 3 is 2.73 bits per heavy atom. The van der Waals surface area contributed by atoms with Crippen LogP contribution in [0, 0.1) is 0 Å². The summed E-state index contributed by atoms with van der Waals surface area (Å²) in [7, 11) is 3.18. The summed E-state index contributed by atoms with van der Waals surface area (Å²) in [6, 6.07) is 13.5. The van der Waals surface area contributed by atoms with Gasteiger partial charge in [0, 0.05) is 11.0 Å². The van der Waals surface area contributed by atoms with Gasteiger partial charge >= 0.3 is 0 Å². The number of nitrogens with one attached hydrogen (secondary N) is 1. The van der Waals surface area contributed by atoms with E-state index in [1.165, 1.54) is 10.5 Å². The predicted molar refractivity (Wildman–Crippen MR) is 88.0 cm³/mol. The number of anilines is 1. The Hall–Kier alpha value is -2.14. The molecule has 5 heteroatoms. The highest BCUT2D eigenvalue weighted by molar-refractivity contribution is 8.01. The monoisotopic (exact) mass is 315 g/mol. The summed E-state index contributed by atoms with van der Waals surface area (Å²) >= 11 is 1.60. The minimum atomic E-state index is -0.117. The lowest BCUT2D eigenvalue weighted by molar-refractivity contribution is -0.115. The Bertz CT molecular complexity index is 677. The van der Waals surface area contributed by atoms with Crippen molar-refractivity contribution in [3.63, 3.8) is 0 Å². The van der Waals surface area contributed by atoms with Crippen molar-refractivity contribution < 1.29 is 14.3 Å². The summed E-state index contributed by atoms with van der Waals surface area (Å²) in [6.45, 7) is 0. The fourth-order valence-corrected chi connectivity index (χ4v) is 3.65. The zero-order valence-electron chi connectivity index (χ0n) is 12.5. The van der Waals surface area contributed by atoms with E-state index < -0.39 is 0 Å². The van der Waals surface area contributed by atoms with Gasteiger partial charge < -0.3 is 14.8 Å². The van der Waals surface area contributed by atoms with E-state index in [9.17, 15) is 4.79 Å². The van der Waals surface area contributed by atoms with E-state index >= 15 is 0 Å². The molecule has 0 fully saturated rings. The molecule has 114 valence electrons. The number of amides is 1. The van der Waals surface area contributed by atoms with E-state index in [2.05, 4.69) is 17.4 Å². The predicted octanol–water partition coefficient (Wildman–Crippen LogP) is 3.36. The molecule has 0 bridgehead atoms. The van der Waals surface area contributed by atoms with Gasteiger partial charge in [-0.15, -0.1) is 11.8 Å². The molecule has 0 spiro atoms. The van der Waals surface area contributed by atoms with Gasteiger partial charge in [-0.1, -0.05) is 18.2 Å². The fourth-order valence-electron chi connectivity index (χ4n) is 2.45. The topological polar surface area (TPSA) is 47.6 Å². The molecule has 2 aromatic rings. The number of carbonyl (C=O) groups is 1. The Morgan fingerprint density at radius 2 is 2.00 bits per heavy atom. The molecule has 0 radical (unpaired) electrons. The average molecular weight is 315 g/mol. The summed E-state index contributed by atoms with van der Waals surface area (Å²) in [5, 5.41) is 2.83. The van der Waals surface area contributed by atoms with Gasteiger partial charge in [0.2, 0.25) is 5.91 Å². The lowest BCUT2D eigenvalue weighted by Crippen LogP contribution is -2.24. The third-order valence-corrected chi connectivity index (χ3v) is 4.92. The third-order valence-electron chi connectivity index (χ3n) is 3.60. The number of benzene rings is 2. The van der Waals surface area contributed by atoms with Gasteiger partial charge in [-0.2, -0.15) is 0 Å². The van der Waals surface area contributed by atoms with E-state index in [4.69, 9.17) is 9.47 Å². The molecule has 1 aliphatic rings. The molecule has 0 saturated heterocycles. The van der Waals surface area contributed by atoms with E-state index in [1.54, 1.807) is 44.2 Å². The zero-order chi connectivity index (χ0) is 15.5. The average Bonchev–Trinajstić information content (AvgIpc) is 2.99. The molecular weight excluding hydrogens is 298 g/mol. The van der Waals surface area contributed by atoms with Gasteiger partial charge in [0.15, 0.2) is 0 Å². The molecule has 2 aromatic carbocycles. The van der Waals surface area contributed by atoms with Crippen molar-refractivity contribution in [2.75, 3.05) is 19.5 Å². The highest BCUT2D eigenvalue weighted by Crippen LogP contribution is 2.38. The molecule has 0 aromatic heterocycles. The maximum atomic E-state index is 12.5. The van der Waals surface area contributed by atoms with Crippen LogP contribution in [0.1, 0.15) is 5.56 Å².